The van der Waals surface area contributed by atoms with Gasteiger partial charge in [0.25, 0.3) is 0 Å². The molecule has 0 radical (unpaired) electrons. The minimum atomic E-state index is -0.465. The number of benzene rings is 4. The van der Waals surface area contributed by atoms with Gasteiger partial charge in [-0.05, 0) is 42.3 Å². The zero-order valence-electron chi connectivity index (χ0n) is 18.1. The van der Waals surface area contributed by atoms with Crippen molar-refractivity contribution in [1.82, 2.24) is 0 Å². The predicted octanol–water partition coefficient (Wildman–Crippen LogP) is 5.00. The molecule has 0 atom stereocenters. The van der Waals surface area contributed by atoms with Gasteiger partial charge in [0.2, 0.25) is 0 Å². The van der Waals surface area contributed by atoms with Gasteiger partial charge in [0, 0.05) is 22.9 Å². The van der Waals surface area contributed by atoms with Crippen molar-refractivity contribution in [3.63, 3.8) is 0 Å². The van der Waals surface area contributed by atoms with Crippen LogP contribution in [0.5, 0.6) is 23.0 Å². The molecule has 35 heavy (non-hydrogen) atoms. The monoisotopic (exact) mass is 468 g/mol. The summed E-state index contributed by atoms with van der Waals surface area (Å²) in [6.45, 7) is 1.61. The first-order chi connectivity index (χ1) is 16.8. The van der Waals surface area contributed by atoms with E-state index in [4.69, 9.17) is 8.83 Å². The lowest BCUT2D eigenvalue weighted by Crippen LogP contribution is -2.01. The van der Waals surface area contributed by atoms with Crippen molar-refractivity contribution < 1.29 is 29.3 Å². The molecule has 2 aromatic heterocycles. The Kier molecular flexibility index (Phi) is 4.13. The first-order valence-corrected chi connectivity index (χ1v) is 10.6. The summed E-state index contributed by atoms with van der Waals surface area (Å²) < 4.78 is 11.1. The Bertz CT molecular complexity index is 2000. The summed E-state index contributed by atoms with van der Waals surface area (Å²) in [5.74, 6) is -0.989. The molecule has 4 aromatic carbocycles. The molecule has 0 saturated heterocycles. The van der Waals surface area contributed by atoms with Crippen molar-refractivity contribution in [2.24, 2.45) is 0 Å². The highest BCUT2D eigenvalue weighted by atomic mass is 16.3. The summed E-state index contributed by atoms with van der Waals surface area (Å²) >= 11 is 0. The zero-order chi connectivity index (χ0) is 24.6. The normalized spacial score (nSPS) is 11.7. The van der Waals surface area contributed by atoms with Gasteiger partial charge in [-0.1, -0.05) is 12.1 Å². The number of rotatable bonds is 1. The Balaban J connectivity index is 1.82. The molecule has 6 aromatic rings. The summed E-state index contributed by atoms with van der Waals surface area (Å²) in [5, 5.41) is 43.7. The van der Waals surface area contributed by atoms with Crippen molar-refractivity contribution in [1.29, 1.82) is 0 Å². The van der Waals surface area contributed by atoms with Gasteiger partial charge in [0.05, 0.1) is 17.0 Å². The highest BCUT2D eigenvalue weighted by molar-refractivity contribution is 6.17. The van der Waals surface area contributed by atoms with E-state index in [1.807, 2.05) is 0 Å². The van der Waals surface area contributed by atoms with E-state index in [1.165, 1.54) is 36.6 Å². The maximum Gasteiger partial charge on any atom is 0.196 e. The van der Waals surface area contributed by atoms with Crippen LogP contribution in [0.4, 0.5) is 0 Å². The number of aromatic hydroxyl groups is 4. The van der Waals surface area contributed by atoms with E-state index in [0.717, 1.165) is 0 Å². The van der Waals surface area contributed by atoms with Gasteiger partial charge in [-0.15, -0.1) is 0 Å². The minimum absolute atomic E-state index is 0.0436. The van der Waals surface area contributed by atoms with Gasteiger partial charge in [0.1, 0.15) is 50.7 Å². The van der Waals surface area contributed by atoms with Gasteiger partial charge in [-0.3, -0.25) is 9.59 Å². The molecule has 0 aliphatic rings. The zero-order valence-corrected chi connectivity index (χ0v) is 18.1. The summed E-state index contributed by atoms with van der Waals surface area (Å²) in [7, 11) is 0. The van der Waals surface area contributed by atoms with Gasteiger partial charge in [0.15, 0.2) is 10.9 Å². The molecule has 0 fully saturated rings. The smallest absolute Gasteiger partial charge is 0.196 e. The SMILES string of the molecule is Cc1cc(=O)c2c(O)c3c(O)ccc(-c4ccc(O)c5c(O)c6c(=O)ccoc6cc45)c3cc2o1. The van der Waals surface area contributed by atoms with Crippen molar-refractivity contribution in [2.45, 2.75) is 6.92 Å². The van der Waals surface area contributed by atoms with E-state index in [1.54, 1.807) is 25.1 Å². The van der Waals surface area contributed by atoms with Crippen LogP contribution in [-0.4, -0.2) is 20.4 Å². The highest BCUT2D eigenvalue weighted by Gasteiger charge is 2.21. The molecular formula is C27H16O8. The topological polar surface area (TPSA) is 141 Å². The lowest BCUT2D eigenvalue weighted by atomic mass is 9.91. The van der Waals surface area contributed by atoms with Crippen LogP contribution in [0, 0.1) is 6.92 Å². The molecule has 0 bridgehead atoms. The number of hydrogen-bond acceptors (Lipinski definition) is 8. The van der Waals surface area contributed by atoms with Crippen molar-refractivity contribution in [3.05, 3.63) is 81.0 Å². The summed E-state index contributed by atoms with van der Waals surface area (Å²) in [6, 6.07) is 11.5. The van der Waals surface area contributed by atoms with Crippen molar-refractivity contribution in [3.8, 4) is 34.1 Å². The molecule has 0 saturated carbocycles. The van der Waals surface area contributed by atoms with Crippen LogP contribution in [0.3, 0.4) is 0 Å². The predicted molar refractivity (Wildman–Crippen MR) is 130 cm³/mol. The minimum Gasteiger partial charge on any atom is -0.507 e. The Morgan fingerprint density at radius 2 is 1.17 bits per heavy atom. The molecular weight excluding hydrogens is 452 g/mol. The first kappa shape index (κ1) is 20.6. The number of phenolic OH excluding ortho intramolecular Hbond substituents is 4. The largest absolute Gasteiger partial charge is 0.507 e. The van der Waals surface area contributed by atoms with Crippen LogP contribution in [-0.2, 0) is 0 Å². The number of aryl methyl sites for hydroxylation is 1. The molecule has 0 spiro atoms. The Morgan fingerprint density at radius 3 is 1.77 bits per heavy atom. The second kappa shape index (κ2) is 7.01. The quantitative estimate of drug-likeness (QED) is 0.247. The van der Waals surface area contributed by atoms with E-state index in [2.05, 4.69) is 0 Å². The maximum absolute atomic E-state index is 12.5. The van der Waals surface area contributed by atoms with E-state index < -0.39 is 22.4 Å². The van der Waals surface area contributed by atoms with Gasteiger partial charge in [-0.25, -0.2) is 0 Å². The summed E-state index contributed by atoms with van der Waals surface area (Å²) in [4.78, 5) is 24.9. The van der Waals surface area contributed by atoms with Crippen LogP contribution in [0.1, 0.15) is 5.76 Å². The molecule has 6 rings (SSSR count). The van der Waals surface area contributed by atoms with E-state index in [-0.39, 0.29) is 44.2 Å². The Morgan fingerprint density at radius 1 is 0.629 bits per heavy atom. The highest BCUT2D eigenvalue weighted by Crippen LogP contribution is 2.47. The van der Waals surface area contributed by atoms with Crippen LogP contribution >= 0.6 is 0 Å². The fraction of sp³-hybridized carbons (Fsp3) is 0.0370. The van der Waals surface area contributed by atoms with Crippen LogP contribution in [0.25, 0.3) is 54.6 Å². The summed E-state index contributed by atoms with van der Waals surface area (Å²) in [6.07, 6.45) is 1.21. The van der Waals surface area contributed by atoms with Gasteiger partial charge >= 0.3 is 0 Å². The molecule has 0 aliphatic carbocycles. The van der Waals surface area contributed by atoms with Gasteiger partial charge < -0.3 is 29.3 Å². The molecule has 0 amide bonds. The number of phenols is 4. The van der Waals surface area contributed by atoms with Gasteiger partial charge in [-0.2, -0.15) is 0 Å². The molecule has 2 heterocycles. The number of hydrogen-bond donors (Lipinski definition) is 4. The van der Waals surface area contributed by atoms with Crippen LogP contribution in [0.2, 0.25) is 0 Å². The van der Waals surface area contributed by atoms with E-state index in [0.29, 0.717) is 27.7 Å². The lowest BCUT2D eigenvalue weighted by Gasteiger charge is -2.15. The van der Waals surface area contributed by atoms with Crippen molar-refractivity contribution >= 4 is 43.5 Å². The molecule has 0 unspecified atom stereocenters. The molecule has 8 nitrogen and oxygen atoms in total. The van der Waals surface area contributed by atoms with E-state index in [9.17, 15) is 30.0 Å². The average Bonchev–Trinajstić information content (AvgIpc) is 2.79. The maximum atomic E-state index is 12.5. The third-order valence-corrected chi connectivity index (χ3v) is 6.24. The standard InChI is InChI=1S/C27H16O8/c1-11-8-19(31)25-21(35-11)10-15-13(3-5-17(29)23(15)27(25)33)12-2-4-16(28)22-14(12)9-20-24(26(22)32)18(30)6-7-34-20/h2-10,28-29,32-33H,1H3. The average molecular weight is 468 g/mol. The molecule has 4 N–H and O–H groups in total. The Hall–Kier alpha value is -4.98. The second-order valence-corrected chi connectivity index (χ2v) is 8.31. The lowest BCUT2D eigenvalue weighted by molar-refractivity contribution is 0.464. The molecule has 172 valence electrons. The summed E-state index contributed by atoms with van der Waals surface area (Å²) in [5.41, 5.74) is 0.338. The first-order valence-electron chi connectivity index (χ1n) is 10.6. The van der Waals surface area contributed by atoms with Crippen LogP contribution in [0.15, 0.2) is 73.2 Å². The Labute approximate surface area is 195 Å². The molecule has 0 aliphatic heterocycles. The fourth-order valence-electron chi connectivity index (χ4n) is 4.74. The third-order valence-electron chi connectivity index (χ3n) is 6.24. The third kappa shape index (κ3) is 2.80. The van der Waals surface area contributed by atoms with E-state index >= 15 is 0 Å². The fourth-order valence-corrected chi connectivity index (χ4v) is 4.74. The number of fused-ring (bicyclic) bond motifs is 4. The second-order valence-electron chi connectivity index (χ2n) is 8.31. The van der Waals surface area contributed by atoms with Crippen LogP contribution < -0.4 is 10.9 Å². The molecule has 8 heteroatoms. The van der Waals surface area contributed by atoms with Crippen molar-refractivity contribution in [2.75, 3.05) is 0 Å².